The molecule has 1 unspecified atom stereocenters. The van der Waals surface area contributed by atoms with E-state index in [2.05, 4.69) is 10.1 Å². The quantitative estimate of drug-likeness (QED) is 0.869. The first kappa shape index (κ1) is 16.7. The number of ether oxygens (including phenoxy) is 2. The fourth-order valence-corrected chi connectivity index (χ4v) is 2.76. The minimum absolute atomic E-state index is 0.275. The monoisotopic (exact) mass is 339 g/mol. The summed E-state index contributed by atoms with van der Waals surface area (Å²) >= 11 is 0. The van der Waals surface area contributed by atoms with Gasteiger partial charge in [0.25, 0.3) is 5.91 Å². The summed E-state index contributed by atoms with van der Waals surface area (Å²) in [6.07, 6.45) is 0.275. The summed E-state index contributed by atoms with van der Waals surface area (Å²) in [5.41, 5.74) is 0.646. The van der Waals surface area contributed by atoms with Crippen LogP contribution in [0.5, 0.6) is 0 Å². The minimum atomic E-state index is -1.33. The normalized spacial score (nSPS) is 18.7. The summed E-state index contributed by atoms with van der Waals surface area (Å²) in [5.74, 6) is -1.49. The zero-order chi connectivity index (χ0) is 18.0. The minimum Gasteiger partial charge on any atom is -0.465 e. The summed E-state index contributed by atoms with van der Waals surface area (Å²) in [4.78, 5) is 36.5. The van der Waals surface area contributed by atoms with Gasteiger partial charge in [0.1, 0.15) is 0 Å². The highest BCUT2D eigenvalue weighted by atomic mass is 16.6. The number of carbonyl (C=O) groups is 3. The molecule has 0 fully saturated rings. The Balaban J connectivity index is 1.82. The summed E-state index contributed by atoms with van der Waals surface area (Å²) in [5, 5.41) is 2.70. The first-order valence-electron chi connectivity index (χ1n) is 7.74. The summed E-state index contributed by atoms with van der Waals surface area (Å²) in [6.45, 7) is 1.57. The number of hydrogen-bond donors (Lipinski definition) is 1. The number of amides is 1. The number of nitrogens with one attached hydrogen (secondary N) is 1. The largest absolute Gasteiger partial charge is 0.465 e. The van der Waals surface area contributed by atoms with Gasteiger partial charge in [-0.3, -0.25) is 4.79 Å². The third-order valence-electron chi connectivity index (χ3n) is 4.10. The summed E-state index contributed by atoms with van der Waals surface area (Å²) in [7, 11) is 1.29. The molecule has 6 nitrogen and oxygen atoms in total. The SMILES string of the molecule is COC(=O)c1cccc(NC(=O)C2(C)Cc3ccccc3C(=O)O2)c1. The molecule has 1 aliphatic heterocycles. The maximum absolute atomic E-state index is 12.7. The molecule has 1 heterocycles. The molecule has 3 rings (SSSR count). The van der Waals surface area contributed by atoms with Crippen molar-refractivity contribution in [3.05, 3.63) is 65.2 Å². The third kappa shape index (κ3) is 3.24. The highest BCUT2D eigenvalue weighted by Gasteiger charge is 2.42. The van der Waals surface area contributed by atoms with E-state index in [1.54, 1.807) is 43.3 Å². The van der Waals surface area contributed by atoms with Gasteiger partial charge in [0, 0.05) is 12.1 Å². The van der Waals surface area contributed by atoms with Crippen LogP contribution in [0.3, 0.4) is 0 Å². The van der Waals surface area contributed by atoms with Crippen molar-refractivity contribution in [2.45, 2.75) is 18.9 Å². The van der Waals surface area contributed by atoms with Crippen molar-refractivity contribution in [1.82, 2.24) is 0 Å². The predicted molar refractivity (Wildman–Crippen MR) is 90.4 cm³/mol. The molecule has 0 aliphatic carbocycles. The van der Waals surface area contributed by atoms with Crippen molar-refractivity contribution in [1.29, 1.82) is 0 Å². The van der Waals surface area contributed by atoms with Gasteiger partial charge in [-0.15, -0.1) is 0 Å². The van der Waals surface area contributed by atoms with Crippen LogP contribution in [0.1, 0.15) is 33.2 Å². The second-order valence-electron chi connectivity index (χ2n) is 5.98. The van der Waals surface area contributed by atoms with Gasteiger partial charge in [0.05, 0.1) is 18.2 Å². The van der Waals surface area contributed by atoms with Crippen LogP contribution in [0.4, 0.5) is 5.69 Å². The lowest BCUT2D eigenvalue weighted by Gasteiger charge is -2.33. The molecule has 0 saturated heterocycles. The van der Waals surface area contributed by atoms with E-state index in [1.807, 2.05) is 6.07 Å². The molecule has 0 aromatic heterocycles. The molecule has 0 radical (unpaired) electrons. The molecule has 2 aromatic carbocycles. The number of fused-ring (bicyclic) bond motifs is 1. The number of anilines is 1. The van der Waals surface area contributed by atoms with Crippen LogP contribution >= 0.6 is 0 Å². The van der Waals surface area contributed by atoms with Gasteiger partial charge in [-0.1, -0.05) is 24.3 Å². The number of esters is 2. The molecule has 25 heavy (non-hydrogen) atoms. The molecule has 1 N–H and O–H groups in total. The second-order valence-corrected chi connectivity index (χ2v) is 5.98. The maximum Gasteiger partial charge on any atom is 0.339 e. The van der Waals surface area contributed by atoms with Gasteiger partial charge in [-0.2, -0.15) is 0 Å². The number of cyclic esters (lactones) is 1. The van der Waals surface area contributed by atoms with Crippen LogP contribution in [0.15, 0.2) is 48.5 Å². The maximum atomic E-state index is 12.7. The van der Waals surface area contributed by atoms with Crippen LogP contribution in [-0.4, -0.2) is 30.6 Å². The van der Waals surface area contributed by atoms with E-state index in [0.717, 1.165) is 5.56 Å². The van der Waals surface area contributed by atoms with Gasteiger partial charge in [0.15, 0.2) is 5.60 Å². The van der Waals surface area contributed by atoms with E-state index in [0.29, 0.717) is 16.8 Å². The molecule has 1 amide bonds. The van der Waals surface area contributed by atoms with Crippen molar-refractivity contribution >= 4 is 23.5 Å². The first-order chi connectivity index (χ1) is 11.9. The molecule has 0 spiro atoms. The number of carbonyl (C=O) groups excluding carboxylic acids is 3. The fraction of sp³-hybridized carbons (Fsp3) is 0.211. The van der Waals surface area contributed by atoms with Crippen molar-refractivity contribution in [2.75, 3.05) is 12.4 Å². The Hall–Kier alpha value is -3.15. The standard InChI is InChI=1S/C19H17NO5/c1-19(11-13-6-3-4-9-15(13)17(22)25-19)18(23)20-14-8-5-7-12(10-14)16(21)24-2/h3-10H,11H2,1-2H3,(H,20,23). The van der Waals surface area contributed by atoms with Gasteiger partial charge in [0.2, 0.25) is 0 Å². The molecule has 1 aliphatic rings. The number of rotatable bonds is 3. The van der Waals surface area contributed by atoms with Crippen LogP contribution in [0.25, 0.3) is 0 Å². The van der Waals surface area contributed by atoms with E-state index >= 15 is 0 Å². The fourth-order valence-electron chi connectivity index (χ4n) is 2.76. The summed E-state index contributed by atoms with van der Waals surface area (Å²) < 4.78 is 10.1. The summed E-state index contributed by atoms with van der Waals surface area (Å²) in [6, 6.07) is 13.4. The Morgan fingerprint density at radius 1 is 1.16 bits per heavy atom. The Kier molecular flexibility index (Phi) is 4.27. The van der Waals surface area contributed by atoms with Crippen molar-refractivity contribution in [3.63, 3.8) is 0 Å². The zero-order valence-corrected chi connectivity index (χ0v) is 13.9. The lowest BCUT2D eigenvalue weighted by atomic mass is 9.89. The Morgan fingerprint density at radius 3 is 2.68 bits per heavy atom. The van der Waals surface area contributed by atoms with E-state index in [-0.39, 0.29) is 6.42 Å². The van der Waals surface area contributed by atoms with Gasteiger partial charge >= 0.3 is 11.9 Å². The van der Waals surface area contributed by atoms with Crippen LogP contribution in [0.2, 0.25) is 0 Å². The second kappa shape index (κ2) is 6.39. The van der Waals surface area contributed by atoms with Crippen molar-refractivity contribution < 1.29 is 23.9 Å². The molecule has 0 saturated carbocycles. The van der Waals surface area contributed by atoms with Crippen molar-refractivity contribution in [2.24, 2.45) is 0 Å². The highest BCUT2D eigenvalue weighted by molar-refractivity contribution is 6.03. The topological polar surface area (TPSA) is 81.7 Å². The molecular weight excluding hydrogens is 322 g/mol. The Morgan fingerprint density at radius 2 is 1.92 bits per heavy atom. The van der Waals surface area contributed by atoms with E-state index in [4.69, 9.17) is 4.74 Å². The zero-order valence-electron chi connectivity index (χ0n) is 13.9. The molecule has 1 atom stereocenters. The molecular formula is C19H17NO5. The van der Waals surface area contributed by atoms with Gasteiger partial charge in [-0.05, 0) is 36.8 Å². The van der Waals surface area contributed by atoms with E-state index < -0.39 is 23.4 Å². The van der Waals surface area contributed by atoms with Crippen LogP contribution in [0, 0.1) is 0 Å². The lowest BCUT2D eigenvalue weighted by Crippen LogP contribution is -2.48. The van der Waals surface area contributed by atoms with E-state index in [1.165, 1.54) is 13.2 Å². The first-order valence-corrected chi connectivity index (χ1v) is 7.74. The number of hydrogen-bond acceptors (Lipinski definition) is 5. The molecule has 6 heteroatoms. The number of methoxy groups -OCH3 is 1. The lowest BCUT2D eigenvalue weighted by molar-refractivity contribution is -0.134. The highest BCUT2D eigenvalue weighted by Crippen LogP contribution is 2.29. The third-order valence-corrected chi connectivity index (χ3v) is 4.10. The average molecular weight is 339 g/mol. The number of benzene rings is 2. The Bertz CT molecular complexity index is 860. The molecule has 0 bridgehead atoms. The van der Waals surface area contributed by atoms with E-state index in [9.17, 15) is 14.4 Å². The smallest absolute Gasteiger partial charge is 0.339 e. The predicted octanol–water partition coefficient (Wildman–Crippen LogP) is 2.58. The van der Waals surface area contributed by atoms with Crippen molar-refractivity contribution in [3.8, 4) is 0 Å². The van der Waals surface area contributed by atoms with Crippen LogP contribution in [-0.2, 0) is 20.7 Å². The van der Waals surface area contributed by atoms with Crippen LogP contribution < -0.4 is 5.32 Å². The molecule has 128 valence electrons. The Labute approximate surface area is 144 Å². The van der Waals surface area contributed by atoms with Gasteiger partial charge < -0.3 is 14.8 Å². The van der Waals surface area contributed by atoms with Gasteiger partial charge in [-0.25, -0.2) is 9.59 Å². The molecule has 2 aromatic rings. The average Bonchev–Trinajstić information content (AvgIpc) is 2.61.